The number of H-pyrrole nitrogens is 1. The number of benzene rings is 2. The topological polar surface area (TPSA) is 94.2 Å². The highest BCUT2D eigenvalue weighted by Gasteiger charge is 2.36. The summed E-state index contributed by atoms with van der Waals surface area (Å²) in [5.41, 5.74) is 0.725. The zero-order valence-corrected chi connectivity index (χ0v) is 16.5. The van der Waals surface area contributed by atoms with E-state index in [0.717, 1.165) is 6.07 Å². The average Bonchev–Trinajstić information content (AvgIpc) is 3.28. The lowest BCUT2D eigenvalue weighted by Crippen LogP contribution is -2.47. The molecule has 4 rings (SSSR count). The summed E-state index contributed by atoms with van der Waals surface area (Å²) in [6, 6.07) is 5.73. The van der Waals surface area contributed by atoms with Crippen LogP contribution in [0.5, 0.6) is 0 Å². The second-order valence-electron chi connectivity index (χ2n) is 7.58. The molecule has 1 saturated heterocycles. The van der Waals surface area contributed by atoms with Gasteiger partial charge in [-0.1, -0.05) is 0 Å². The van der Waals surface area contributed by atoms with Gasteiger partial charge in [0.1, 0.15) is 29.6 Å². The normalized spacial score (nSPS) is 20.2. The SMILES string of the molecule is [B]C(C(=O)N[C@@H]1C(=O)NC[C@H]1O)C([B])c1c(-c2ccc(F)cc2)[nH]c2c(F)cc(F)cc12. The van der Waals surface area contributed by atoms with Gasteiger partial charge in [-0.05, 0) is 53.1 Å². The predicted molar refractivity (Wildman–Crippen MR) is 113 cm³/mol. The lowest BCUT2D eigenvalue weighted by atomic mass is 9.62. The lowest BCUT2D eigenvalue weighted by molar-refractivity contribution is -0.128. The smallest absolute Gasteiger partial charge is 0.245 e. The minimum Gasteiger partial charge on any atom is -0.389 e. The Morgan fingerprint density at radius 1 is 1.12 bits per heavy atom. The van der Waals surface area contributed by atoms with Crippen molar-refractivity contribution in [1.82, 2.24) is 15.6 Å². The Morgan fingerprint density at radius 3 is 2.44 bits per heavy atom. The van der Waals surface area contributed by atoms with Crippen LogP contribution in [0, 0.1) is 17.5 Å². The summed E-state index contributed by atoms with van der Waals surface area (Å²) < 4.78 is 41.8. The number of carbonyl (C=O) groups is 2. The fourth-order valence-electron chi connectivity index (χ4n) is 3.79. The van der Waals surface area contributed by atoms with Crippen molar-refractivity contribution in [2.45, 2.75) is 23.8 Å². The molecule has 1 aliphatic heterocycles. The molecule has 0 bridgehead atoms. The van der Waals surface area contributed by atoms with Crippen molar-refractivity contribution in [3.8, 4) is 11.3 Å². The molecule has 4 radical (unpaired) electrons. The van der Waals surface area contributed by atoms with Crippen LogP contribution in [0.15, 0.2) is 36.4 Å². The molecule has 32 heavy (non-hydrogen) atoms. The number of fused-ring (bicyclic) bond motifs is 1. The van der Waals surface area contributed by atoms with E-state index in [-0.39, 0.29) is 28.7 Å². The molecule has 0 saturated carbocycles. The number of rotatable bonds is 5. The average molecular weight is 437 g/mol. The van der Waals surface area contributed by atoms with Crippen molar-refractivity contribution in [2.24, 2.45) is 0 Å². The minimum absolute atomic E-state index is 0.0270. The molecule has 3 aromatic rings. The Kier molecular flexibility index (Phi) is 5.77. The molecule has 0 spiro atoms. The first-order valence-electron chi connectivity index (χ1n) is 9.71. The fourth-order valence-corrected chi connectivity index (χ4v) is 3.79. The molecule has 2 amide bonds. The van der Waals surface area contributed by atoms with E-state index in [1.807, 2.05) is 0 Å². The van der Waals surface area contributed by atoms with Crippen molar-refractivity contribution in [3.05, 3.63) is 59.4 Å². The minimum atomic E-state index is -1.44. The van der Waals surface area contributed by atoms with Gasteiger partial charge < -0.3 is 20.7 Å². The number of aliphatic hydroxyl groups excluding tert-OH is 1. The highest BCUT2D eigenvalue weighted by Crippen LogP contribution is 2.39. The highest BCUT2D eigenvalue weighted by molar-refractivity contribution is 6.31. The van der Waals surface area contributed by atoms with Crippen LogP contribution < -0.4 is 10.6 Å². The predicted octanol–water partition coefficient (Wildman–Crippen LogP) is 1.39. The standard InChI is InChI=1S/C21H16B2F3N3O3/c22-15(16(23)20(31)29-19-13(30)7-27-21(19)32)14-11-5-10(25)6-12(26)18(11)28-17(14)8-1-3-9(24)4-2-8/h1-6,13,15-16,19,28,30H,7H2,(H,27,32)(H,29,31)/t13-,15?,16?,19+/m1/s1. The summed E-state index contributed by atoms with van der Waals surface area (Å²) in [6.07, 6.45) is -1.14. The van der Waals surface area contributed by atoms with Crippen LogP contribution in [0.3, 0.4) is 0 Å². The maximum absolute atomic E-state index is 14.4. The van der Waals surface area contributed by atoms with Crippen LogP contribution in [0.2, 0.25) is 5.82 Å². The van der Waals surface area contributed by atoms with Gasteiger partial charge in [0.2, 0.25) is 11.8 Å². The number of nitrogens with one attached hydrogen (secondary N) is 3. The van der Waals surface area contributed by atoms with Gasteiger partial charge in [0, 0.05) is 23.7 Å². The summed E-state index contributed by atoms with van der Waals surface area (Å²) >= 11 is 0. The number of amides is 2. The van der Waals surface area contributed by atoms with E-state index in [4.69, 9.17) is 15.7 Å². The number of aromatic nitrogens is 1. The molecule has 160 valence electrons. The quantitative estimate of drug-likeness (QED) is 0.455. The number of aromatic amines is 1. The summed E-state index contributed by atoms with van der Waals surface area (Å²) in [5, 5.41) is 14.6. The molecule has 2 heterocycles. The van der Waals surface area contributed by atoms with Gasteiger partial charge in [-0.15, -0.1) is 0 Å². The van der Waals surface area contributed by atoms with Crippen LogP contribution in [-0.4, -0.2) is 56.3 Å². The summed E-state index contributed by atoms with van der Waals surface area (Å²) in [5.74, 6) is -6.38. The molecular weight excluding hydrogens is 421 g/mol. The number of aliphatic hydroxyl groups is 1. The molecule has 2 unspecified atom stereocenters. The van der Waals surface area contributed by atoms with E-state index >= 15 is 0 Å². The Morgan fingerprint density at radius 2 is 1.81 bits per heavy atom. The number of halogens is 3. The van der Waals surface area contributed by atoms with Crippen LogP contribution in [0.1, 0.15) is 11.4 Å². The van der Waals surface area contributed by atoms with Gasteiger partial charge in [-0.25, -0.2) is 13.2 Å². The van der Waals surface area contributed by atoms with Crippen molar-refractivity contribution < 1.29 is 27.9 Å². The van der Waals surface area contributed by atoms with Gasteiger partial charge in [-0.3, -0.25) is 9.59 Å². The van der Waals surface area contributed by atoms with Crippen molar-refractivity contribution in [2.75, 3.05) is 6.54 Å². The Bertz CT molecular complexity index is 1200. The molecule has 4 atom stereocenters. The molecular formula is C21H16B2F3N3O3. The van der Waals surface area contributed by atoms with E-state index in [1.165, 1.54) is 24.3 Å². The first-order chi connectivity index (χ1) is 15.2. The van der Waals surface area contributed by atoms with E-state index in [0.29, 0.717) is 11.6 Å². The van der Waals surface area contributed by atoms with Gasteiger partial charge in [0.05, 0.1) is 21.2 Å². The van der Waals surface area contributed by atoms with Gasteiger partial charge in [0.25, 0.3) is 0 Å². The monoisotopic (exact) mass is 437 g/mol. The third-order valence-electron chi connectivity index (χ3n) is 5.47. The molecule has 0 aliphatic carbocycles. The van der Waals surface area contributed by atoms with Crippen LogP contribution in [0.25, 0.3) is 22.2 Å². The van der Waals surface area contributed by atoms with Crippen LogP contribution in [0.4, 0.5) is 13.2 Å². The highest BCUT2D eigenvalue weighted by atomic mass is 19.1. The Labute approximate surface area is 183 Å². The molecule has 1 aliphatic rings. The van der Waals surface area contributed by atoms with Gasteiger partial charge in [0.15, 0.2) is 0 Å². The Hall–Kier alpha value is -3.20. The third-order valence-corrected chi connectivity index (χ3v) is 5.47. The first-order valence-corrected chi connectivity index (χ1v) is 9.71. The largest absolute Gasteiger partial charge is 0.389 e. The number of β-amino-alcohol motifs (C(OH)–C–C–N with tert-alkyl or cyclic N) is 1. The van der Waals surface area contributed by atoms with E-state index in [2.05, 4.69) is 15.6 Å². The van der Waals surface area contributed by atoms with Crippen molar-refractivity contribution in [3.63, 3.8) is 0 Å². The molecule has 11 heteroatoms. The summed E-state index contributed by atoms with van der Waals surface area (Å²) in [4.78, 5) is 27.3. The van der Waals surface area contributed by atoms with Gasteiger partial charge in [-0.2, -0.15) is 0 Å². The molecule has 1 aromatic heterocycles. The number of hydrogen-bond acceptors (Lipinski definition) is 3. The van der Waals surface area contributed by atoms with E-state index in [9.17, 15) is 27.9 Å². The van der Waals surface area contributed by atoms with Crippen molar-refractivity contribution >= 4 is 38.4 Å². The second kappa shape index (κ2) is 8.38. The molecule has 2 aromatic carbocycles. The zero-order chi connectivity index (χ0) is 23.2. The zero-order valence-electron chi connectivity index (χ0n) is 16.5. The molecule has 1 fully saturated rings. The second-order valence-corrected chi connectivity index (χ2v) is 7.58. The van der Waals surface area contributed by atoms with E-state index in [1.54, 1.807) is 0 Å². The molecule has 6 nitrogen and oxygen atoms in total. The van der Waals surface area contributed by atoms with Crippen LogP contribution >= 0.6 is 0 Å². The third kappa shape index (κ3) is 3.88. The number of hydrogen-bond donors (Lipinski definition) is 4. The van der Waals surface area contributed by atoms with Gasteiger partial charge >= 0.3 is 0 Å². The van der Waals surface area contributed by atoms with E-state index < -0.39 is 53.0 Å². The summed E-state index contributed by atoms with van der Waals surface area (Å²) in [6.45, 7) is -0.0270. The Balaban J connectivity index is 1.76. The van der Waals surface area contributed by atoms with Crippen molar-refractivity contribution in [1.29, 1.82) is 0 Å². The maximum atomic E-state index is 14.4. The first kappa shape index (κ1) is 22.0. The summed E-state index contributed by atoms with van der Waals surface area (Å²) in [7, 11) is 12.3. The molecule has 4 N–H and O–H groups in total. The number of carbonyl (C=O) groups excluding carboxylic acids is 2. The fraction of sp³-hybridized carbons (Fsp3) is 0.238. The van der Waals surface area contributed by atoms with Crippen LogP contribution in [-0.2, 0) is 9.59 Å². The lowest BCUT2D eigenvalue weighted by Gasteiger charge is -2.24. The maximum Gasteiger partial charge on any atom is 0.245 e.